The Bertz CT molecular complexity index is 536. The SMILES string of the molecule is Cc1c(-c2ccc(CC(C)C)cc2)nn(C)c1N. The fourth-order valence-electron chi connectivity index (χ4n) is 2.19. The third-order valence-electron chi connectivity index (χ3n) is 3.21. The van der Waals surface area contributed by atoms with E-state index in [9.17, 15) is 0 Å². The summed E-state index contributed by atoms with van der Waals surface area (Å²) in [5, 5.41) is 4.46. The van der Waals surface area contributed by atoms with Crippen LogP contribution in [0.15, 0.2) is 24.3 Å². The Balaban J connectivity index is 2.31. The van der Waals surface area contributed by atoms with Crippen molar-refractivity contribution in [3.05, 3.63) is 35.4 Å². The van der Waals surface area contributed by atoms with Crippen molar-refractivity contribution >= 4 is 5.82 Å². The number of aryl methyl sites for hydroxylation is 1. The number of nitrogens with two attached hydrogens (primary N) is 1. The maximum absolute atomic E-state index is 5.94. The van der Waals surface area contributed by atoms with Crippen molar-refractivity contribution in [2.75, 3.05) is 5.73 Å². The van der Waals surface area contributed by atoms with Crippen LogP contribution < -0.4 is 5.73 Å². The second kappa shape index (κ2) is 4.84. The monoisotopic (exact) mass is 243 g/mol. The molecule has 0 aliphatic carbocycles. The van der Waals surface area contributed by atoms with E-state index in [4.69, 9.17) is 5.73 Å². The summed E-state index contributed by atoms with van der Waals surface area (Å²) < 4.78 is 1.73. The van der Waals surface area contributed by atoms with Gasteiger partial charge in [0.1, 0.15) is 5.82 Å². The number of nitrogens with zero attached hydrogens (tertiary/aromatic N) is 2. The van der Waals surface area contributed by atoms with Gasteiger partial charge in [0.25, 0.3) is 0 Å². The van der Waals surface area contributed by atoms with E-state index in [0.717, 1.165) is 29.1 Å². The summed E-state index contributed by atoms with van der Waals surface area (Å²) in [7, 11) is 1.87. The minimum Gasteiger partial charge on any atom is -0.384 e. The van der Waals surface area contributed by atoms with Crippen LogP contribution in [0, 0.1) is 12.8 Å². The minimum atomic E-state index is 0.683. The normalized spacial score (nSPS) is 11.2. The molecular formula is C15H21N3. The Labute approximate surface area is 109 Å². The number of nitrogen functional groups attached to an aromatic ring is 1. The minimum absolute atomic E-state index is 0.683. The summed E-state index contributed by atoms with van der Waals surface area (Å²) in [6.07, 6.45) is 1.11. The lowest BCUT2D eigenvalue weighted by Gasteiger charge is -2.05. The molecule has 0 aliphatic rings. The van der Waals surface area contributed by atoms with E-state index < -0.39 is 0 Å². The van der Waals surface area contributed by atoms with Crippen LogP contribution in [0.1, 0.15) is 25.0 Å². The fourth-order valence-corrected chi connectivity index (χ4v) is 2.19. The van der Waals surface area contributed by atoms with E-state index in [0.29, 0.717) is 5.92 Å². The first kappa shape index (κ1) is 12.7. The smallest absolute Gasteiger partial charge is 0.124 e. The number of hydrogen-bond donors (Lipinski definition) is 1. The van der Waals surface area contributed by atoms with Gasteiger partial charge in [-0.15, -0.1) is 0 Å². The molecule has 96 valence electrons. The van der Waals surface area contributed by atoms with E-state index in [-0.39, 0.29) is 0 Å². The van der Waals surface area contributed by atoms with Crippen molar-refractivity contribution in [2.45, 2.75) is 27.2 Å². The highest BCUT2D eigenvalue weighted by atomic mass is 15.3. The number of hydrogen-bond acceptors (Lipinski definition) is 2. The Morgan fingerprint density at radius 3 is 2.28 bits per heavy atom. The van der Waals surface area contributed by atoms with E-state index in [1.165, 1.54) is 5.56 Å². The van der Waals surface area contributed by atoms with Crippen molar-refractivity contribution in [1.29, 1.82) is 0 Å². The first-order chi connectivity index (χ1) is 8.49. The zero-order valence-electron chi connectivity index (χ0n) is 11.6. The Morgan fingerprint density at radius 1 is 1.22 bits per heavy atom. The van der Waals surface area contributed by atoms with Crippen LogP contribution in [0.5, 0.6) is 0 Å². The molecule has 0 saturated heterocycles. The summed E-state index contributed by atoms with van der Waals surface area (Å²) in [5.41, 5.74) is 10.5. The van der Waals surface area contributed by atoms with Crippen LogP contribution in [0.4, 0.5) is 5.82 Å². The summed E-state index contributed by atoms with van der Waals surface area (Å²) in [6, 6.07) is 8.62. The average Bonchev–Trinajstić information content (AvgIpc) is 2.57. The molecule has 0 bridgehead atoms. The van der Waals surface area contributed by atoms with Crippen molar-refractivity contribution < 1.29 is 0 Å². The zero-order valence-corrected chi connectivity index (χ0v) is 11.6. The third kappa shape index (κ3) is 2.40. The predicted molar refractivity (Wildman–Crippen MR) is 76.3 cm³/mol. The summed E-state index contributed by atoms with van der Waals surface area (Å²) in [6.45, 7) is 6.48. The Kier molecular flexibility index (Phi) is 3.41. The highest BCUT2D eigenvalue weighted by Crippen LogP contribution is 2.26. The van der Waals surface area contributed by atoms with E-state index >= 15 is 0 Å². The molecule has 0 spiro atoms. The second-order valence-electron chi connectivity index (χ2n) is 5.28. The molecule has 1 aromatic heterocycles. The molecule has 0 aliphatic heterocycles. The number of anilines is 1. The van der Waals surface area contributed by atoms with Gasteiger partial charge in [-0.25, -0.2) is 0 Å². The topological polar surface area (TPSA) is 43.8 Å². The van der Waals surface area contributed by atoms with Crippen molar-refractivity contribution in [1.82, 2.24) is 9.78 Å². The summed E-state index contributed by atoms with van der Waals surface area (Å²) >= 11 is 0. The molecule has 0 atom stereocenters. The van der Waals surface area contributed by atoms with Crippen LogP contribution >= 0.6 is 0 Å². The Hall–Kier alpha value is -1.77. The Morgan fingerprint density at radius 2 is 1.83 bits per heavy atom. The van der Waals surface area contributed by atoms with Crippen LogP contribution in [0.25, 0.3) is 11.3 Å². The number of aromatic nitrogens is 2. The third-order valence-corrected chi connectivity index (χ3v) is 3.21. The molecule has 0 unspecified atom stereocenters. The molecule has 0 radical (unpaired) electrons. The van der Waals surface area contributed by atoms with E-state index in [2.05, 4.69) is 43.2 Å². The molecule has 0 amide bonds. The molecule has 3 nitrogen and oxygen atoms in total. The molecule has 3 heteroatoms. The number of rotatable bonds is 3. The maximum atomic E-state index is 5.94. The van der Waals surface area contributed by atoms with Crippen molar-refractivity contribution in [3.8, 4) is 11.3 Å². The molecular weight excluding hydrogens is 222 g/mol. The summed E-state index contributed by atoms with van der Waals surface area (Å²) in [4.78, 5) is 0. The maximum Gasteiger partial charge on any atom is 0.124 e. The molecule has 2 N–H and O–H groups in total. The van der Waals surface area contributed by atoms with Crippen molar-refractivity contribution in [2.24, 2.45) is 13.0 Å². The number of benzene rings is 1. The first-order valence-corrected chi connectivity index (χ1v) is 6.37. The van der Waals surface area contributed by atoms with E-state index in [1.54, 1.807) is 4.68 Å². The van der Waals surface area contributed by atoms with Crippen molar-refractivity contribution in [3.63, 3.8) is 0 Å². The quantitative estimate of drug-likeness (QED) is 0.899. The van der Waals surface area contributed by atoms with Crippen LogP contribution in [0.2, 0.25) is 0 Å². The van der Waals surface area contributed by atoms with Crippen LogP contribution in [-0.4, -0.2) is 9.78 Å². The van der Waals surface area contributed by atoms with Gasteiger partial charge in [-0.3, -0.25) is 4.68 Å². The highest BCUT2D eigenvalue weighted by molar-refractivity contribution is 5.68. The van der Waals surface area contributed by atoms with Gasteiger partial charge in [0.05, 0.1) is 5.69 Å². The van der Waals surface area contributed by atoms with Gasteiger partial charge in [-0.1, -0.05) is 38.1 Å². The molecule has 0 fully saturated rings. The fraction of sp³-hybridized carbons (Fsp3) is 0.400. The lowest BCUT2D eigenvalue weighted by Crippen LogP contribution is -1.97. The van der Waals surface area contributed by atoms with Gasteiger partial charge >= 0.3 is 0 Å². The van der Waals surface area contributed by atoms with Gasteiger partial charge < -0.3 is 5.73 Å². The summed E-state index contributed by atoms with van der Waals surface area (Å²) in [5.74, 6) is 1.42. The highest BCUT2D eigenvalue weighted by Gasteiger charge is 2.11. The van der Waals surface area contributed by atoms with E-state index in [1.807, 2.05) is 14.0 Å². The van der Waals surface area contributed by atoms with Crippen LogP contribution in [0.3, 0.4) is 0 Å². The predicted octanol–water partition coefficient (Wildman–Crippen LogP) is 3.18. The molecule has 1 heterocycles. The molecule has 1 aromatic carbocycles. The van der Waals surface area contributed by atoms with Gasteiger partial charge in [0.2, 0.25) is 0 Å². The standard InChI is InChI=1S/C15H21N3/c1-10(2)9-12-5-7-13(8-6-12)14-11(3)15(16)18(4)17-14/h5-8,10H,9,16H2,1-4H3. The lowest BCUT2D eigenvalue weighted by molar-refractivity contribution is 0.647. The zero-order chi connectivity index (χ0) is 13.3. The molecule has 2 rings (SSSR count). The van der Waals surface area contributed by atoms with Gasteiger partial charge in [0.15, 0.2) is 0 Å². The van der Waals surface area contributed by atoms with Gasteiger partial charge in [0, 0.05) is 18.2 Å². The average molecular weight is 243 g/mol. The lowest BCUT2D eigenvalue weighted by atomic mass is 10.0. The molecule has 18 heavy (non-hydrogen) atoms. The molecule has 0 saturated carbocycles. The van der Waals surface area contributed by atoms with Gasteiger partial charge in [-0.2, -0.15) is 5.10 Å². The molecule has 2 aromatic rings. The second-order valence-corrected chi connectivity index (χ2v) is 5.28. The van der Waals surface area contributed by atoms with Gasteiger partial charge in [-0.05, 0) is 24.8 Å². The largest absolute Gasteiger partial charge is 0.384 e. The van der Waals surface area contributed by atoms with Crippen LogP contribution in [-0.2, 0) is 13.5 Å². The first-order valence-electron chi connectivity index (χ1n) is 6.37.